The van der Waals surface area contributed by atoms with Crippen molar-refractivity contribution in [3.63, 3.8) is 0 Å². The second kappa shape index (κ2) is 7.11. The standard InChI is InChI=1S/C16H23NO4/c1-11-10-12(6-5-7-14(18)19)8-9-13(11)17-15(20)21-16(2,3)4/h8-10H,5-7H2,1-4H3,(H,17,20)(H,18,19). The molecule has 1 aromatic carbocycles. The average Bonchev–Trinajstić information content (AvgIpc) is 2.29. The lowest BCUT2D eigenvalue weighted by Crippen LogP contribution is -2.27. The van der Waals surface area contributed by atoms with Gasteiger partial charge in [-0.15, -0.1) is 0 Å². The molecular weight excluding hydrogens is 270 g/mol. The molecule has 0 aliphatic rings. The summed E-state index contributed by atoms with van der Waals surface area (Å²) in [7, 11) is 0. The van der Waals surface area contributed by atoms with Gasteiger partial charge in [0.2, 0.25) is 0 Å². The highest BCUT2D eigenvalue weighted by Gasteiger charge is 2.16. The van der Waals surface area contributed by atoms with E-state index in [0.29, 0.717) is 18.5 Å². The Hall–Kier alpha value is -2.04. The van der Waals surface area contributed by atoms with Crippen molar-refractivity contribution in [2.45, 2.75) is 52.6 Å². The van der Waals surface area contributed by atoms with E-state index in [4.69, 9.17) is 9.84 Å². The zero-order valence-corrected chi connectivity index (χ0v) is 13.0. The predicted octanol–water partition coefficient (Wildman–Crippen LogP) is 3.75. The fourth-order valence-electron chi connectivity index (χ4n) is 1.88. The lowest BCUT2D eigenvalue weighted by atomic mass is 10.0. The van der Waals surface area contributed by atoms with Gasteiger partial charge in [0.15, 0.2) is 0 Å². The van der Waals surface area contributed by atoms with E-state index in [-0.39, 0.29) is 6.42 Å². The summed E-state index contributed by atoms with van der Waals surface area (Å²) < 4.78 is 5.20. The molecule has 1 rings (SSSR count). The first kappa shape index (κ1) is 17.0. The molecule has 0 spiro atoms. The van der Waals surface area contributed by atoms with Crippen LogP contribution in [0.2, 0.25) is 0 Å². The van der Waals surface area contributed by atoms with Crippen molar-refractivity contribution in [2.24, 2.45) is 0 Å². The van der Waals surface area contributed by atoms with Crippen molar-refractivity contribution in [1.82, 2.24) is 0 Å². The number of ether oxygens (including phenoxy) is 1. The summed E-state index contributed by atoms with van der Waals surface area (Å²) in [5, 5.41) is 11.3. The van der Waals surface area contributed by atoms with Crippen LogP contribution >= 0.6 is 0 Å². The number of carbonyl (C=O) groups excluding carboxylic acids is 1. The van der Waals surface area contributed by atoms with Gasteiger partial charge in [0.25, 0.3) is 0 Å². The maximum Gasteiger partial charge on any atom is 0.412 e. The molecule has 21 heavy (non-hydrogen) atoms. The average molecular weight is 293 g/mol. The van der Waals surface area contributed by atoms with Gasteiger partial charge in [0.1, 0.15) is 5.60 Å². The molecule has 0 fully saturated rings. The second-order valence-corrected chi connectivity index (χ2v) is 6.02. The molecule has 0 saturated heterocycles. The van der Waals surface area contributed by atoms with E-state index in [1.807, 2.05) is 45.9 Å². The maximum absolute atomic E-state index is 11.7. The zero-order chi connectivity index (χ0) is 16.0. The quantitative estimate of drug-likeness (QED) is 0.867. The lowest BCUT2D eigenvalue weighted by molar-refractivity contribution is -0.137. The van der Waals surface area contributed by atoms with Gasteiger partial charge in [-0.25, -0.2) is 4.79 Å². The van der Waals surface area contributed by atoms with Gasteiger partial charge in [0, 0.05) is 12.1 Å². The van der Waals surface area contributed by atoms with Gasteiger partial charge in [-0.1, -0.05) is 12.1 Å². The van der Waals surface area contributed by atoms with Crippen molar-refractivity contribution < 1.29 is 19.4 Å². The first-order chi connectivity index (χ1) is 9.67. The number of anilines is 1. The summed E-state index contributed by atoms with van der Waals surface area (Å²) in [5.74, 6) is -0.782. The van der Waals surface area contributed by atoms with Crippen LogP contribution in [0.25, 0.3) is 0 Å². The number of amides is 1. The lowest BCUT2D eigenvalue weighted by Gasteiger charge is -2.20. The predicted molar refractivity (Wildman–Crippen MR) is 81.6 cm³/mol. The van der Waals surface area contributed by atoms with E-state index in [1.165, 1.54) is 0 Å². The summed E-state index contributed by atoms with van der Waals surface area (Å²) >= 11 is 0. The molecular formula is C16H23NO4. The van der Waals surface area contributed by atoms with E-state index in [0.717, 1.165) is 11.1 Å². The minimum absolute atomic E-state index is 0.164. The number of aliphatic carboxylic acids is 1. The largest absolute Gasteiger partial charge is 0.481 e. The second-order valence-electron chi connectivity index (χ2n) is 6.02. The van der Waals surface area contributed by atoms with Crippen molar-refractivity contribution in [1.29, 1.82) is 0 Å². The monoisotopic (exact) mass is 293 g/mol. The number of rotatable bonds is 5. The third-order valence-electron chi connectivity index (χ3n) is 2.78. The number of benzene rings is 1. The normalized spacial score (nSPS) is 11.0. The Balaban J connectivity index is 2.61. The number of carboxylic acid groups (broad SMARTS) is 1. The topological polar surface area (TPSA) is 75.6 Å². The van der Waals surface area contributed by atoms with Gasteiger partial charge in [-0.2, -0.15) is 0 Å². The Morgan fingerprint density at radius 2 is 1.95 bits per heavy atom. The molecule has 0 aromatic heterocycles. The number of carboxylic acids is 1. The van der Waals surface area contributed by atoms with Crippen LogP contribution in [-0.2, 0) is 16.0 Å². The molecule has 0 unspecified atom stereocenters. The molecule has 0 heterocycles. The molecule has 0 atom stereocenters. The minimum Gasteiger partial charge on any atom is -0.481 e. The van der Waals surface area contributed by atoms with E-state index in [2.05, 4.69) is 5.32 Å². The first-order valence-corrected chi connectivity index (χ1v) is 6.99. The van der Waals surface area contributed by atoms with E-state index in [1.54, 1.807) is 0 Å². The van der Waals surface area contributed by atoms with Crippen molar-refractivity contribution in [3.8, 4) is 0 Å². The van der Waals surface area contributed by atoms with Gasteiger partial charge in [-0.05, 0) is 57.7 Å². The third-order valence-corrected chi connectivity index (χ3v) is 2.78. The molecule has 0 aliphatic heterocycles. The number of nitrogens with one attached hydrogen (secondary N) is 1. The van der Waals surface area contributed by atoms with Crippen LogP contribution in [0.15, 0.2) is 18.2 Å². The van der Waals surface area contributed by atoms with Gasteiger partial charge in [-0.3, -0.25) is 10.1 Å². The molecule has 1 amide bonds. The number of hydrogen-bond donors (Lipinski definition) is 2. The maximum atomic E-state index is 11.7. The molecule has 0 radical (unpaired) electrons. The Morgan fingerprint density at radius 1 is 1.29 bits per heavy atom. The van der Waals surface area contributed by atoms with Crippen LogP contribution in [0.1, 0.15) is 44.7 Å². The van der Waals surface area contributed by atoms with E-state index >= 15 is 0 Å². The molecule has 0 aliphatic carbocycles. The fraction of sp³-hybridized carbons (Fsp3) is 0.500. The summed E-state index contributed by atoms with van der Waals surface area (Å²) in [6.07, 6.45) is 0.994. The number of hydrogen-bond acceptors (Lipinski definition) is 3. The van der Waals surface area contributed by atoms with Crippen LogP contribution in [-0.4, -0.2) is 22.8 Å². The smallest absolute Gasteiger partial charge is 0.412 e. The minimum atomic E-state index is -0.782. The van der Waals surface area contributed by atoms with Gasteiger partial charge < -0.3 is 9.84 Å². The molecule has 0 saturated carbocycles. The third kappa shape index (κ3) is 6.79. The fourth-order valence-corrected chi connectivity index (χ4v) is 1.88. The summed E-state index contributed by atoms with van der Waals surface area (Å²) in [5.41, 5.74) is 2.15. The van der Waals surface area contributed by atoms with E-state index in [9.17, 15) is 9.59 Å². The highest BCUT2D eigenvalue weighted by Crippen LogP contribution is 2.19. The molecule has 5 nitrogen and oxygen atoms in total. The Kier molecular flexibility index (Phi) is 5.76. The number of aryl methyl sites for hydroxylation is 2. The summed E-state index contributed by atoms with van der Waals surface area (Å²) in [6.45, 7) is 7.33. The molecule has 1 aromatic rings. The Labute approximate surface area is 125 Å². The first-order valence-electron chi connectivity index (χ1n) is 6.99. The van der Waals surface area contributed by atoms with Gasteiger partial charge in [0.05, 0.1) is 0 Å². The highest BCUT2D eigenvalue weighted by molar-refractivity contribution is 5.85. The van der Waals surface area contributed by atoms with Crippen LogP contribution in [0.5, 0.6) is 0 Å². The molecule has 5 heteroatoms. The number of carbonyl (C=O) groups is 2. The van der Waals surface area contributed by atoms with Crippen LogP contribution in [0.4, 0.5) is 10.5 Å². The Bertz CT molecular complexity index is 517. The summed E-state index contributed by atoms with van der Waals surface area (Å²) in [6, 6.07) is 5.66. The van der Waals surface area contributed by atoms with Crippen molar-refractivity contribution >= 4 is 17.7 Å². The van der Waals surface area contributed by atoms with Crippen LogP contribution in [0, 0.1) is 6.92 Å². The molecule has 0 bridgehead atoms. The van der Waals surface area contributed by atoms with Crippen LogP contribution < -0.4 is 5.32 Å². The summed E-state index contributed by atoms with van der Waals surface area (Å²) in [4.78, 5) is 22.2. The van der Waals surface area contributed by atoms with Crippen LogP contribution in [0.3, 0.4) is 0 Å². The highest BCUT2D eigenvalue weighted by atomic mass is 16.6. The zero-order valence-electron chi connectivity index (χ0n) is 13.0. The van der Waals surface area contributed by atoms with Crippen molar-refractivity contribution in [3.05, 3.63) is 29.3 Å². The van der Waals surface area contributed by atoms with Crippen molar-refractivity contribution in [2.75, 3.05) is 5.32 Å². The SMILES string of the molecule is Cc1cc(CCCC(=O)O)ccc1NC(=O)OC(C)(C)C. The molecule has 116 valence electrons. The molecule has 2 N–H and O–H groups in total. The van der Waals surface area contributed by atoms with E-state index < -0.39 is 17.7 Å². The Morgan fingerprint density at radius 3 is 2.48 bits per heavy atom. The van der Waals surface area contributed by atoms with Gasteiger partial charge >= 0.3 is 12.1 Å².